The van der Waals surface area contributed by atoms with Gasteiger partial charge in [-0.2, -0.15) is 4.89 Å². The molecule has 0 aliphatic rings. The van der Waals surface area contributed by atoms with Crippen LogP contribution in [0.2, 0.25) is 0 Å². The van der Waals surface area contributed by atoms with Crippen molar-refractivity contribution >= 4 is 12.3 Å². The predicted octanol–water partition coefficient (Wildman–Crippen LogP) is 1.22. The summed E-state index contributed by atoms with van der Waals surface area (Å²) in [6, 6.07) is 3.93. The summed E-state index contributed by atoms with van der Waals surface area (Å²) in [6.45, 7) is 1.75. The number of aldehydes is 1. The predicted molar refractivity (Wildman–Crippen MR) is 71.9 cm³/mol. The molecule has 1 aromatic carbocycles. The molecule has 0 fully saturated rings. The SMILES string of the molecule is CCC(O)CC(OOc1ccc(C=O)cc1O)C(=O)OC. The van der Waals surface area contributed by atoms with Crippen molar-refractivity contribution in [1.82, 2.24) is 0 Å². The van der Waals surface area contributed by atoms with Gasteiger partial charge >= 0.3 is 5.97 Å². The van der Waals surface area contributed by atoms with Gasteiger partial charge in [0.15, 0.2) is 5.75 Å². The standard InChI is InChI=1S/C14H18O7/c1-3-10(16)7-13(14(18)19-2)21-20-12-5-4-9(8-15)6-11(12)17/h4-6,8,10,13,16-17H,3,7H2,1-2H3. The average molecular weight is 298 g/mol. The van der Waals surface area contributed by atoms with Crippen molar-refractivity contribution in [1.29, 1.82) is 0 Å². The number of rotatable bonds is 8. The van der Waals surface area contributed by atoms with Crippen LogP contribution < -0.4 is 4.89 Å². The fraction of sp³-hybridized carbons (Fsp3) is 0.429. The number of carbonyl (C=O) groups is 2. The first-order chi connectivity index (χ1) is 10.0. The van der Waals surface area contributed by atoms with E-state index in [4.69, 9.17) is 9.78 Å². The highest BCUT2D eigenvalue weighted by Gasteiger charge is 2.25. The summed E-state index contributed by atoms with van der Waals surface area (Å²) in [4.78, 5) is 31.9. The molecule has 0 heterocycles. The maximum Gasteiger partial charge on any atom is 0.339 e. The maximum atomic E-state index is 11.5. The molecule has 0 aromatic heterocycles. The number of carbonyl (C=O) groups excluding carboxylic acids is 2. The lowest BCUT2D eigenvalue weighted by atomic mass is 10.1. The number of esters is 1. The zero-order valence-electron chi connectivity index (χ0n) is 11.8. The molecule has 0 aliphatic carbocycles. The lowest BCUT2D eigenvalue weighted by Crippen LogP contribution is -2.31. The highest BCUT2D eigenvalue weighted by atomic mass is 17.2. The highest BCUT2D eigenvalue weighted by molar-refractivity contribution is 5.76. The van der Waals surface area contributed by atoms with Gasteiger partial charge in [0.2, 0.25) is 11.9 Å². The van der Waals surface area contributed by atoms with Gasteiger partial charge in [-0.1, -0.05) is 6.92 Å². The van der Waals surface area contributed by atoms with Crippen LogP contribution in [0.15, 0.2) is 18.2 Å². The third-order valence-corrected chi connectivity index (χ3v) is 2.79. The van der Waals surface area contributed by atoms with Gasteiger partial charge in [-0.15, -0.1) is 0 Å². The van der Waals surface area contributed by atoms with E-state index in [9.17, 15) is 19.8 Å². The Morgan fingerprint density at radius 3 is 2.67 bits per heavy atom. The lowest BCUT2D eigenvalue weighted by Gasteiger charge is -2.17. The molecule has 21 heavy (non-hydrogen) atoms. The molecule has 0 radical (unpaired) electrons. The number of ether oxygens (including phenoxy) is 1. The first-order valence-corrected chi connectivity index (χ1v) is 6.39. The van der Waals surface area contributed by atoms with Crippen molar-refractivity contribution in [2.45, 2.75) is 32.0 Å². The monoisotopic (exact) mass is 298 g/mol. The molecule has 7 nitrogen and oxygen atoms in total. The number of hydrogen-bond donors (Lipinski definition) is 2. The minimum atomic E-state index is -1.13. The van der Waals surface area contributed by atoms with E-state index in [1.807, 2.05) is 0 Å². The minimum Gasteiger partial charge on any atom is -0.504 e. The Morgan fingerprint density at radius 1 is 1.43 bits per heavy atom. The highest BCUT2D eigenvalue weighted by Crippen LogP contribution is 2.27. The molecule has 1 rings (SSSR count). The second-order valence-electron chi connectivity index (χ2n) is 4.33. The fourth-order valence-corrected chi connectivity index (χ4v) is 1.51. The van der Waals surface area contributed by atoms with Crippen LogP contribution in [0.4, 0.5) is 0 Å². The summed E-state index contributed by atoms with van der Waals surface area (Å²) < 4.78 is 4.55. The van der Waals surface area contributed by atoms with Gasteiger partial charge in [0.05, 0.1) is 13.2 Å². The fourth-order valence-electron chi connectivity index (χ4n) is 1.51. The molecule has 0 spiro atoms. The molecular weight excluding hydrogens is 280 g/mol. The number of aliphatic hydroxyl groups excluding tert-OH is 1. The molecular formula is C14H18O7. The van der Waals surface area contributed by atoms with Gasteiger partial charge < -0.3 is 19.8 Å². The molecule has 7 heteroatoms. The van der Waals surface area contributed by atoms with E-state index in [0.29, 0.717) is 12.7 Å². The van der Waals surface area contributed by atoms with Crippen LogP contribution in [0.25, 0.3) is 0 Å². The number of benzene rings is 1. The Morgan fingerprint density at radius 2 is 2.14 bits per heavy atom. The second-order valence-corrected chi connectivity index (χ2v) is 4.33. The summed E-state index contributed by atoms with van der Waals surface area (Å²) >= 11 is 0. The topological polar surface area (TPSA) is 102 Å². The molecule has 2 N–H and O–H groups in total. The molecule has 116 valence electrons. The summed E-state index contributed by atoms with van der Waals surface area (Å²) in [5.41, 5.74) is 0.269. The van der Waals surface area contributed by atoms with E-state index in [1.165, 1.54) is 25.3 Å². The van der Waals surface area contributed by atoms with Crippen molar-refractivity contribution < 1.29 is 34.3 Å². The van der Waals surface area contributed by atoms with Crippen LogP contribution in [0.3, 0.4) is 0 Å². The molecule has 2 unspecified atom stereocenters. The zero-order valence-corrected chi connectivity index (χ0v) is 11.8. The third-order valence-electron chi connectivity index (χ3n) is 2.79. The van der Waals surface area contributed by atoms with Crippen LogP contribution in [0, 0.1) is 0 Å². The van der Waals surface area contributed by atoms with E-state index >= 15 is 0 Å². The molecule has 0 aliphatic heterocycles. The molecule has 2 atom stereocenters. The van der Waals surface area contributed by atoms with Crippen molar-refractivity contribution in [3.8, 4) is 11.5 Å². The van der Waals surface area contributed by atoms with Gasteiger partial charge in [0, 0.05) is 12.0 Å². The number of aliphatic hydroxyl groups is 1. The number of methoxy groups -OCH3 is 1. The first kappa shape index (κ1) is 16.9. The van der Waals surface area contributed by atoms with Crippen molar-refractivity contribution in [2.24, 2.45) is 0 Å². The zero-order chi connectivity index (χ0) is 15.8. The number of phenols is 1. The maximum absolute atomic E-state index is 11.5. The van der Waals surface area contributed by atoms with Gasteiger partial charge in [-0.05, 0) is 24.6 Å². The minimum absolute atomic E-state index is 0.00361. The van der Waals surface area contributed by atoms with Crippen LogP contribution >= 0.6 is 0 Å². The van der Waals surface area contributed by atoms with E-state index in [-0.39, 0.29) is 23.5 Å². The van der Waals surface area contributed by atoms with E-state index in [0.717, 1.165) is 0 Å². The van der Waals surface area contributed by atoms with Crippen molar-refractivity contribution in [3.63, 3.8) is 0 Å². The Hall–Kier alpha value is -2.12. The van der Waals surface area contributed by atoms with Crippen LogP contribution in [0.5, 0.6) is 11.5 Å². The molecule has 0 saturated carbocycles. The Bertz CT molecular complexity index is 486. The van der Waals surface area contributed by atoms with Crippen LogP contribution in [0.1, 0.15) is 30.1 Å². The molecule has 0 saturated heterocycles. The Kier molecular flexibility index (Phi) is 6.64. The summed E-state index contributed by atoms with van der Waals surface area (Å²) in [5.74, 6) is -1.06. The van der Waals surface area contributed by atoms with E-state index < -0.39 is 18.2 Å². The quantitative estimate of drug-likeness (QED) is 0.322. The summed E-state index contributed by atoms with van der Waals surface area (Å²) in [5, 5.41) is 19.2. The normalized spacial score (nSPS) is 13.3. The number of phenolic OH excluding ortho intramolecular Hbond substituents is 1. The Balaban J connectivity index is 2.72. The van der Waals surface area contributed by atoms with Crippen molar-refractivity contribution in [2.75, 3.05) is 7.11 Å². The first-order valence-electron chi connectivity index (χ1n) is 6.39. The lowest BCUT2D eigenvalue weighted by molar-refractivity contribution is -0.253. The summed E-state index contributed by atoms with van der Waals surface area (Å²) in [6.07, 6.45) is -0.870. The van der Waals surface area contributed by atoms with Crippen LogP contribution in [-0.2, 0) is 14.4 Å². The average Bonchev–Trinajstić information content (AvgIpc) is 2.51. The van der Waals surface area contributed by atoms with Gasteiger partial charge in [0.1, 0.15) is 6.29 Å². The van der Waals surface area contributed by atoms with Gasteiger partial charge in [-0.25, -0.2) is 4.79 Å². The second kappa shape index (κ2) is 8.23. The van der Waals surface area contributed by atoms with Crippen molar-refractivity contribution in [3.05, 3.63) is 23.8 Å². The third kappa shape index (κ3) is 5.05. The van der Waals surface area contributed by atoms with Gasteiger partial charge in [-0.3, -0.25) is 4.79 Å². The van der Waals surface area contributed by atoms with Gasteiger partial charge in [0.25, 0.3) is 0 Å². The largest absolute Gasteiger partial charge is 0.504 e. The summed E-state index contributed by atoms with van der Waals surface area (Å²) in [7, 11) is 1.19. The molecule has 0 amide bonds. The van der Waals surface area contributed by atoms with E-state index in [1.54, 1.807) is 6.92 Å². The Labute approximate surface area is 122 Å². The molecule has 0 bridgehead atoms. The van der Waals surface area contributed by atoms with E-state index in [2.05, 4.69) is 4.74 Å². The number of hydrogen-bond acceptors (Lipinski definition) is 7. The van der Waals surface area contributed by atoms with Crippen LogP contribution in [-0.4, -0.2) is 41.8 Å². The smallest absolute Gasteiger partial charge is 0.339 e. The molecule has 1 aromatic rings. The number of aromatic hydroxyl groups is 1.